The molecule has 4 amide bonds. The van der Waals surface area contributed by atoms with E-state index in [0.29, 0.717) is 6.54 Å². The maximum atomic E-state index is 12.2. The van der Waals surface area contributed by atoms with Crippen LogP contribution in [0.3, 0.4) is 0 Å². The molecular formula is C18H23N3O5. The molecule has 1 aromatic rings. The van der Waals surface area contributed by atoms with Gasteiger partial charge in [0.1, 0.15) is 0 Å². The number of rotatable bonds is 6. The van der Waals surface area contributed by atoms with Crippen LogP contribution in [-0.2, 0) is 25.5 Å². The first-order valence-corrected chi connectivity index (χ1v) is 8.58. The van der Waals surface area contributed by atoms with Gasteiger partial charge in [-0.2, -0.15) is 0 Å². The van der Waals surface area contributed by atoms with Crippen molar-refractivity contribution in [3.63, 3.8) is 0 Å². The monoisotopic (exact) mass is 361 g/mol. The Balaban J connectivity index is 1.86. The minimum Gasteiger partial charge on any atom is -0.455 e. The Morgan fingerprint density at radius 3 is 2.50 bits per heavy atom. The molecule has 8 heteroatoms. The zero-order valence-electron chi connectivity index (χ0n) is 14.9. The number of carbonyl (C=O) groups excluding carboxylic acids is 4. The second-order valence-electron chi connectivity index (χ2n) is 5.94. The molecule has 2 N–H and O–H groups in total. The van der Waals surface area contributed by atoms with Crippen LogP contribution in [0.4, 0.5) is 10.5 Å². The standard InChI is InChI=1S/C18H23N3O5/c1-3-12-5-7-14(8-6-12)21-10-13(9-16(21)23)17(24)26-11-15(22)20-18(25)19-4-2/h5-8,13H,3-4,9-11H2,1-2H3,(H2,19,20,22,25). The SMILES string of the molecule is CCNC(=O)NC(=O)COC(=O)C1CC(=O)N(c2ccc(CC)cc2)C1. The molecule has 0 spiro atoms. The number of benzene rings is 1. The lowest BCUT2D eigenvalue weighted by Crippen LogP contribution is -2.41. The minimum absolute atomic E-state index is 0.0340. The zero-order chi connectivity index (χ0) is 19.1. The molecule has 2 rings (SSSR count). The van der Waals surface area contributed by atoms with Crippen molar-refractivity contribution in [2.75, 3.05) is 24.6 Å². The summed E-state index contributed by atoms with van der Waals surface area (Å²) in [7, 11) is 0. The van der Waals surface area contributed by atoms with E-state index in [-0.39, 0.29) is 18.9 Å². The second kappa shape index (κ2) is 8.98. The van der Waals surface area contributed by atoms with Crippen LogP contribution in [-0.4, -0.2) is 43.5 Å². The van der Waals surface area contributed by atoms with Crippen molar-refractivity contribution in [1.82, 2.24) is 10.6 Å². The van der Waals surface area contributed by atoms with E-state index in [9.17, 15) is 19.2 Å². The summed E-state index contributed by atoms with van der Waals surface area (Å²) >= 11 is 0. The van der Waals surface area contributed by atoms with Gasteiger partial charge in [-0.05, 0) is 31.0 Å². The number of hydrogen-bond acceptors (Lipinski definition) is 5. The summed E-state index contributed by atoms with van der Waals surface area (Å²) < 4.78 is 4.93. The third-order valence-electron chi connectivity index (χ3n) is 4.05. The number of aryl methyl sites for hydroxylation is 1. The van der Waals surface area contributed by atoms with Crippen LogP contribution < -0.4 is 15.5 Å². The summed E-state index contributed by atoms with van der Waals surface area (Å²) in [6.45, 7) is 3.78. The van der Waals surface area contributed by atoms with Crippen LogP contribution in [0.15, 0.2) is 24.3 Å². The van der Waals surface area contributed by atoms with Crippen molar-refractivity contribution in [3.8, 4) is 0 Å². The van der Waals surface area contributed by atoms with Crippen LogP contribution in [0.1, 0.15) is 25.8 Å². The van der Waals surface area contributed by atoms with Crippen LogP contribution >= 0.6 is 0 Å². The predicted molar refractivity (Wildman–Crippen MR) is 94.5 cm³/mol. The highest BCUT2D eigenvalue weighted by molar-refractivity contribution is 6.00. The Labute approximate surface area is 151 Å². The molecule has 0 radical (unpaired) electrons. The molecule has 26 heavy (non-hydrogen) atoms. The Morgan fingerprint density at radius 2 is 1.88 bits per heavy atom. The molecule has 1 heterocycles. The van der Waals surface area contributed by atoms with Crippen molar-refractivity contribution < 1.29 is 23.9 Å². The fraction of sp³-hybridized carbons (Fsp3) is 0.444. The number of amides is 4. The number of carbonyl (C=O) groups is 4. The fourth-order valence-electron chi connectivity index (χ4n) is 2.65. The van der Waals surface area contributed by atoms with Gasteiger partial charge in [0, 0.05) is 25.2 Å². The predicted octanol–water partition coefficient (Wildman–Crippen LogP) is 0.991. The van der Waals surface area contributed by atoms with Gasteiger partial charge in [-0.15, -0.1) is 0 Å². The Kier molecular flexibility index (Phi) is 6.71. The van der Waals surface area contributed by atoms with E-state index in [2.05, 4.69) is 5.32 Å². The van der Waals surface area contributed by atoms with E-state index in [0.717, 1.165) is 17.7 Å². The summed E-state index contributed by atoms with van der Waals surface area (Å²) in [6, 6.07) is 6.94. The minimum atomic E-state index is -0.722. The van der Waals surface area contributed by atoms with E-state index in [4.69, 9.17) is 4.74 Å². The molecule has 1 unspecified atom stereocenters. The maximum absolute atomic E-state index is 12.2. The van der Waals surface area contributed by atoms with Gasteiger partial charge >= 0.3 is 12.0 Å². The fourth-order valence-corrected chi connectivity index (χ4v) is 2.65. The Morgan fingerprint density at radius 1 is 1.19 bits per heavy atom. The normalized spacial score (nSPS) is 16.3. The van der Waals surface area contributed by atoms with Crippen molar-refractivity contribution in [1.29, 1.82) is 0 Å². The quantitative estimate of drug-likeness (QED) is 0.735. The highest BCUT2D eigenvalue weighted by Crippen LogP contribution is 2.26. The number of urea groups is 1. The van der Waals surface area contributed by atoms with Gasteiger partial charge in [-0.1, -0.05) is 19.1 Å². The van der Waals surface area contributed by atoms with E-state index in [1.807, 2.05) is 36.5 Å². The lowest BCUT2D eigenvalue weighted by molar-refractivity contribution is -0.152. The van der Waals surface area contributed by atoms with Crippen molar-refractivity contribution in [2.45, 2.75) is 26.7 Å². The molecule has 1 aromatic carbocycles. The van der Waals surface area contributed by atoms with E-state index >= 15 is 0 Å². The zero-order valence-corrected chi connectivity index (χ0v) is 14.9. The summed E-state index contributed by atoms with van der Waals surface area (Å²) in [5.41, 5.74) is 1.89. The number of esters is 1. The molecule has 8 nitrogen and oxygen atoms in total. The first-order chi connectivity index (χ1) is 12.4. The highest BCUT2D eigenvalue weighted by Gasteiger charge is 2.36. The van der Waals surface area contributed by atoms with E-state index < -0.39 is 30.4 Å². The molecule has 1 aliphatic rings. The van der Waals surface area contributed by atoms with Crippen LogP contribution in [0, 0.1) is 5.92 Å². The first-order valence-electron chi connectivity index (χ1n) is 8.58. The van der Waals surface area contributed by atoms with Gasteiger partial charge in [0.2, 0.25) is 5.91 Å². The molecule has 1 saturated heterocycles. The topological polar surface area (TPSA) is 105 Å². The molecule has 0 aliphatic carbocycles. The lowest BCUT2D eigenvalue weighted by Gasteiger charge is -2.17. The number of hydrogen-bond donors (Lipinski definition) is 2. The van der Waals surface area contributed by atoms with Gasteiger partial charge in [0.15, 0.2) is 6.61 Å². The number of imide groups is 1. The third-order valence-corrected chi connectivity index (χ3v) is 4.05. The average Bonchev–Trinajstić information content (AvgIpc) is 3.01. The maximum Gasteiger partial charge on any atom is 0.321 e. The van der Waals surface area contributed by atoms with Crippen LogP contribution in [0.2, 0.25) is 0 Å². The van der Waals surface area contributed by atoms with Crippen LogP contribution in [0.5, 0.6) is 0 Å². The first kappa shape index (κ1) is 19.4. The molecule has 1 fully saturated rings. The molecule has 1 aliphatic heterocycles. The molecule has 0 aromatic heterocycles. The summed E-state index contributed by atoms with van der Waals surface area (Å²) in [6.07, 6.45) is 0.938. The second-order valence-corrected chi connectivity index (χ2v) is 5.94. The largest absolute Gasteiger partial charge is 0.455 e. The van der Waals surface area contributed by atoms with Crippen molar-refractivity contribution in [3.05, 3.63) is 29.8 Å². The number of anilines is 1. The summed E-state index contributed by atoms with van der Waals surface area (Å²) in [5, 5.41) is 4.43. The summed E-state index contributed by atoms with van der Waals surface area (Å²) in [5.74, 6) is -2.15. The highest BCUT2D eigenvalue weighted by atomic mass is 16.5. The van der Waals surface area contributed by atoms with Crippen molar-refractivity contribution >= 4 is 29.5 Å². The number of ether oxygens (including phenoxy) is 1. The van der Waals surface area contributed by atoms with Gasteiger partial charge in [-0.25, -0.2) is 4.79 Å². The van der Waals surface area contributed by atoms with Gasteiger partial charge in [0.05, 0.1) is 5.92 Å². The lowest BCUT2D eigenvalue weighted by atomic mass is 10.1. The van der Waals surface area contributed by atoms with Gasteiger partial charge in [0.25, 0.3) is 5.91 Å². The van der Waals surface area contributed by atoms with Gasteiger partial charge in [-0.3, -0.25) is 19.7 Å². The molecule has 140 valence electrons. The molecule has 0 bridgehead atoms. The van der Waals surface area contributed by atoms with E-state index in [1.165, 1.54) is 0 Å². The molecule has 1 atom stereocenters. The molecule has 0 saturated carbocycles. The average molecular weight is 361 g/mol. The Bertz CT molecular complexity index is 687. The number of nitrogens with zero attached hydrogens (tertiary/aromatic N) is 1. The third kappa shape index (κ3) is 5.05. The Hall–Kier alpha value is -2.90. The number of nitrogens with one attached hydrogen (secondary N) is 2. The van der Waals surface area contributed by atoms with E-state index in [1.54, 1.807) is 11.8 Å². The molecular weight excluding hydrogens is 338 g/mol. The van der Waals surface area contributed by atoms with Gasteiger partial charge < -0.3 is 15.0 Å². The smallest absolute Gasteiger partial charge is 0.321 e. The van der Waals surface area contributed by atoms with Crippen LogP contribution in [0.25, 0.3) is 0 Å². The van der Waals surface area contributed by atoms with Crippen molar-refractivity contribution in [2.24, 2.45) is 5.92 Å². The summed E-state index contributed by atoms with van der Waals surface area (Å²) in [4.78, 5) is 48.6.